The predicted octanol–water partition coefficient (Wildman–Crippen LogP) is 6.37. The Bertz CT molecular complexity index is 1370. The van der Waals surface area contributed by atoms with Crippen molar-refractivity contribution in [3.8, 4) is 11.1 Å². The van der Waals surface area contributed by atoms with Crippen molar-refractivity contribution in [1.29, 1.82) is 0 Å². The molecule has 0 aliphatic heterocycles. The van der Waals surface area contributed by atoms with E-state index < -0.39 is 6.04 Å². The largest absolute Gasteiger partial charge is 0.324 e. The second kappa shape index (κ2) is 8.94. The zero-order valence-electron chi connectivity index (χ0n) is 19.9. The van der Waals surface area contributed by atoms with Gasteiger partial charge in [-0.1, -0.05) is 55.8 Å². The second-order valence-corrected chi connectivity index (χ2v) is 9.86. The van der Waals surface area contributed by atoms with Crippen LogP contribution in [-0.4, -0.2) is 15.5 Å². The van der Waals surface area contributed by atoms with E-state index in [1.807, 2.05) is 50.4 Å². The Kier molecular flexibility index (Phi) is 6.21. The summed E-state index contributed by atoms with van der Waals surface area (Å²) in [6, 6.07) is 11.7. The van der Waals surface area contributed by atoms with Gasteiger partial charge in [0.1, 0.15) is 10.9 Å². The molecule has 0 saturated heterocycles. The third-order valence-electron chi connectivity index (χ3n) is 6.13. The van der Waals surface area contributed by atoms with Crippen molar-refractivity contribution >= 4 is 33.1 Å². The van der Waals surface area contributed by atoms with Gasteiger partial charge in [0.2, 0.25) is 5.91 Å². The molecule has 5 nitrogen and oxygen atoms in total. The molecule has 0 aliphatic rings. The van der Waals surface area contributed by atoms with E-state index in [0.29, 0.717) is 16.1 Å². The van der Waals surface area contributed by atoms with Gasteiger partial charge in [-0.15, -0.1) is 11.3 Å². The fourth-order valence-electron chi connectivity index (χ4n) is 4.21. The molecule has 1 N–H and O–H groups in total. The van der Waals surface area contributed by atoms with E-state index in [0.717, 1.165) is 33.5 Å². The van der Waals surface area contributed by atoms with Crippen LogP contribution in [0.5, 0.6) is 0 Å². The number of thiophene rings is 1. The fraction of sp³-hybridized carbons (Fsp3) is 0.296. The normalized spacial score (nSPS) is 12.3. The molecule has 0 aliphatic carbocycles. The SMILES string of the molecule is Cc1cc(C)c(NC(=O)C(C)n2cnc3scc(-c4ccc(C(C)C)cc4)c3c2=O)c(C)c1. The van der Waals surface area contributed by atoms with Crippen LogP contribution in [0.2, 0.25) is 0 Å². The first-order chi connectivity index (χ1) is 15.7. The van der Waals surface area contributed by atoms with E-state index in [4.69, 9.17) is 0 Å². The minimum atomic E-state index is -0.703. The molecule has 2 heterocycles. The predicted molar refractivity (Wildman–Crippen MR) is 137 cm³/mol. The number of amides is 1. The van der Waals surface area contributed by atoms with Gasteiger partial charge in [0.15, 0.2) is 0 Å². The van der Waals surface area contributed by atoms with E-state index >= 15 is 0 Å². The third-order valence-corrected chi connectivity index (χ3v) is 7.02. The molecule has 170 valence electrons. The van der Waals surface area contributed by atoms with Crippen LogP contribution in [0.25, 0.3) is 21.3 Å². The Morgan fingerprint density at radius 1 is 1.03 bits per heavy atom. The number of hydrogen-bond acceptors (Lipinski definition) is 4. The molecule has 1 unspecified atom stereocenters. The van der Waals surface area contributed by atoms with Crippen molar-refractivity contribution < 1.29 is 4.79 Å². The molecule has 0 spiro atoms. The van der Waals surface area contributed by atoms with Crippen LogP contribution in [0.3, 0.4) is 0 Å². The highest BCUT2D eigenvalue weighted by Gasteiger charge is 2.21. The van der Waals surface area contributed by atoms with Crippen molar-refractivity contribution in [2.75, 3.05) is 5.32 Å². The first-order valence-corrected chi connectivity index (χ1v) is 12.0. The number of rotatable bonds is 5. The highest BCUT2D eigenvalue weighted by atomic mass is 32.1. The number of aryl methyl sites for hydroxylation is 3. The Morgan fingerprint density at radius 2 is 1.67 bits per heavy atom. The van der Waals surface area contributed by atoms with Crippen molar-refractivity contribution in [3.05, 3.63) is 80.7 Å². The Labute approximate surface area is 198 Å². The summed E-state index contributed by atoms with van der Waals surface area (Å²) >= 11 is 1.45. The summed E-state index contributed by atoms with van der Waals surface area (Å²) in [6.45, 7) is 12.0. The van der Waals surface area contributed by atoms with Gasteiger partial charge in [-0.2, -0.15) is 0 Å². The van der Waals surface area contributed by atoms with Crippen molar-refractivity contribution in [2.45, 2.75) is 53.5 Å². The van der Waals surface area contributed by atoms with Crippen molar-refractivity contribution in [1.82, 2.24) is 9.55 Å². The zero-order valence-corrected chi connectivity index (χ0v) is 20.7. The summed E-state index contributed by atoms with van der Waals surface area (Å²) < 4.78 is 1.43. The van der Waals surface area contributed by atoms with Crippen LogP contribution in [0.15, 0.2) is 52.9 Å². The van der Waals surface area contributed by atoms with Gasteiger partial charge in [0.05, 0.1) is 11.7 Å². The average molecular weight is 460 g/mol. The number of carbonyl (C=O) groups excluding carboxylic acids is 1. The minimum Gasteiger partial charge on any atom is -0.324 e. The second-order valence-electron chi connectivity index (χ2n) is 9.00. The number of hydrogen-bond donors (Lipinski definition) is 1. The van der Waals surface area contributed by atoms with Crippen molar-refractivity contribution in [2.24, 2.45) is 0 Å². The minimum absolute atomic E-state index is 0.204. The molecule has 1 amide bonds. The van der Waals surface area contributed by atoms with Gasteiger partial charge in [-0.3, -0.25) is 14.2 Å². The number of aromatic nitrogens is 2. The van der Waals surface area contributed by atoms with Crippen LogP contribution < -0.4 is 10.9 Å². The molecule has 1 atom stereocenters. The summed E-state index contributed by atoms with van der Waals surface area (Å²) in [5.41, 5.74) is 6.82. The smallest absolute Gasteiger partial charge is 0.263 e. The number of nitrogens with one attached hydrogen (secondary N) is 1. The van der Waals surface area contributed by atoms with Gasteiger partial charge in [-0.25, -0.2) is 4.98 Å². The fourth-order valence-corrected chi connectivity index (χ4v) is 5.12. The molecule has 4 rings (SSSR count). The maximum Gasteiger partial charge on any atom is 0.263 e. The third kappa shape index (κ3) is 4.35. The molecule has 0 radical (unpaired) electrons. The van der Waals surface area contributed by atoms with E-state index in [9.17, 15) is 9.59 Å². The molecule has 33 heavy (non-hydrogen) atoms. The topological polar surface area (TPSA) is 64.0 Å². The van der Waals surface area contributed by atoms with Crippen LogP contribution in [0, 0.1) is 20.8 Å². The highest BCUT2D eigenvalue weighted by molar-refractivity contribution is 7.17. The molecule has 0 saturated carbocycles. The lowest BCUT2D eigenvalue weighted by atomic mass is 9.99. The molecule has 2 aromatic carbocycles. The quantitative estimate of drug-likeness (QED) is 0.377. The first-order valence-electron chi connectivity index (χ1n) is 11.1. The summed E-state index contributed by atoms with van der Waals surface area (Å²) in [5, 5.41) is 5.54. The van der Waals surface area contributed by atoms with E-state index in [1.54, 1.807) is 6.92 Å². The van der Waals surface area contributed by atoms with Crippen LogP contribution >= 0.6 is 11.3 Å². The highest BCUT2D eigenvalue weighted by Crippen LogP contribution is 2.32. The monoisotopic (exact) mass is 459 g/mol. The maximum absolute atomic E-state index is 13.5. The van der Waals surface area contributed by atoms with Crippen LogP contribution in [0.4, 0.5) is 5.69 Å². The molecular weight excluding hydrogens is 430 g/mol. The summed E-state index contributed by atoms with van der Waals surface area (Å²) in [5.74, 6) is 0.198. The van der Waals surface area contributed by atoms with E-state index in [-0.39, 0.29) is 11.5 Å². The van der Waals surface area contributed by atoms with Gasteiger partial charge in [-0.05, 0) is 55.9 Å². The summed E-state index contributed by atoms with van der Waals surface area (Å²) in [7, 11) is 0. The number of nitrogens with zero attached hydrogens (tertiary/aromatic N) is 2. The van der Waals surface area contributed by atoms with Gasteiger partial charge in [0.25, 0.3) is 5.56 Å². The Morgan fingerprint density at radius 3 is 2.27 bits per heavy atom. The van der Waals surface area contributed by atoms with E-state index in [2.05, 4.69) is 36.3 Å². The van der Waals surface area contributed by atoms with Crippen LogP contribution in [0.1, 0.15) is 55.0 Å². The first kappa shape index (κ1) is 22.9. The van der Waals surface area contributed by atoms with Crippen molar-refractivity contribution in [3.63, 3.8) is 0 Å². The molecule has 0 fully saturated rings. The van der Waals surface area contributed by atoms with Gasteiger partial charge in [0, 0.05) is 16.6 Å². The zero-order chi connectivity index (χ0) is 23.9. The number of fused-ring (bicyclic) bond motifs is 1. The molecular formula is C27H29N3O2S. The van der Waals surface area contributed by atoms with Gasteiger partial charge < -0.3 is 5.32 Å². The lowest BCUT2D eigenvalue weighted by molar-refractivity contribution is -0.118. The molecule has 2 aromatic heterocycles. The summed E-state index contributed by atoms with van der Waals surface area (Å²) in [4.78, 5) is 31.7. The van der Waals surface area contributed by atoms with Gasteiger partial charge >= 0.3 is 0 Å². The standard InChI is InChI=1S/C27H29N3O2S/c1-15(2)20-7-9-21(10-8-20)22-13-33-26-23(22)27(32)30(14-28-26)19(6)25(31)29-24-17(4)11-16(3)12-18(24)5/h7-15,19H,1-6H3,(H,29,31). The molecule has 0 bridgehead atoms. The lowest BCUT2D eigenvalue weighted by Gasteiger charge is -2.18. The lowest BCUT2D eigenvalue weighted by Crippen LogP contribution is -2.32. The Balaban J connectivity index is 1.70. The maximum atomic E-state index is 13.5. The average Bonchev–Trinajstić information content (AvgIpc) is 3.21. The van der Waals surface area contributed by atoms with Crippen LogP contribution in [-0.2, 0) is 4.79 Å². The summed E-state index contributed by atoms with van der Waals surface area (Å²) in [6.07, 6.45) is 1.48. The van der Waals surface area contributed by atoms with E-state index in [1.165, 1.54) is 27.8 Å². The number of benzene rings is 2. The molecule has 4 aromatic rings. The number of carbonyl (C=O) groups is 1. The Hall–Kier alpha value is -3.25. The molecule has 6 heteroatoms. The number of anilines is 1.